The molecule has 1 aromatic carbocycles. The SMILES string of the molecule is CN(CCNS(=O)(=O)c1ccc(B2OC(C)(C)C(C)(C)O2)cc1)C(=O)OC(C)(C)C. The van der Waals surface area contributed by atoms with E-state index in [1.54, 1.807) is 40.0 Å². The first-order valence-corrected chi connectivity index (χ1v) is 11.4. The maximum Gasteiger partial charge on any atom is 0.494 e. The van der Waals surface area contributed by atoms with Gasteiger partial charge in [0, 0.05) is 20.1 Å². The molecule has 1 heterocycles. The lowest BCUT2D eigenvalue weighted by Gasteiger charge is -2.32. The molecule has 0 aliphatic carbocycles. The molecule has 0 unspecified atom stereocenters. The maximum absolute atomic E-state index is 12.5. The average molecular weight is 440 g/mol. The van der Waals surface area contributed by atoms with E-state index < -0.39 is 40.0 Å². The van der Waals surface area contributed by atoms with Gasteiger partial charge < -0.3 is 18.9 Å². The van der Waals surface area contributed by atoms with Crippen LogP contribution in [-0.2, 0) is 24.1 Å². The molecule has 1 fully saturated rings. The highest BCUT2D eigenvalue weighted by Crippen LogP contribution is 2.36. The lowest BCUT2D eigenvalue weighted by Crippen LogP contribution is -2.41. The number of carbonyl (C=O) groups is 1. The molecular weight excluding hydrogens is 407 g/mol. The number of nitrogens with zero attached hydrogens (tertiary/aromatic N) is 1. The quantitative estimate of drug-likeness (QED) is 0.682. The standard InChI is InChI=1S/C20H33BN2O6S/c1-18(2,3)27-17(24)23(8)14-13-22-30(25,26)16-11-9-15(10-12-16)21-28-19(4,5)20(6,7)29-21/h9-12,22H,13-14H2,1-8H3. The van der Waals surface area contributed by atoms with E-state index in [2.05, 4.69) is 4.72 Å². The van der Waals surface area contributed by atoms with Gasteiger partial charge in [0.2, 0.25) is 10.0 Å². The number of likely N-dealkylation sites (N-methyl/N-ethyl adjacent to an activating group) is 1. The zero-order chi connectivity index (χ0) is 23.0. The van der Waals surface area contributed by atoms with E-state index in [4.69, 9.17) is 14.0 Å². The predicted octanol–water partition coefficient (Wildman–Crippen LogP) is 2.13. The third-order valence-electron chi connectivity index (χ3n) is 5.16. The van der Waals surface area contributed by atoms with Gasteiger partial charge in [-0.25, -0.2) is 17.9 Å². The molecule has 0 saturated carbocycles. The summed E-state index contributed by atoms with van der Waals surface area (Å²) in [7, 11) is -2.71. The van der Waals surface area contributed by atoms with Crippen LogP contribution in [0.4, 0.5) is 4.79 Å². The number of carbonyl (C=O) groups excluding carboxylic acids is 1. The number of benzene rings is 1. The molecule has 30 heavy (non-hydrogen) atoms. The topological polar surface area (TPSA) is 94.2 Å². The minimum absolute atomic E-state index is 0.0665. The molecule has 2 rings (SSSR count). The lowest BCUT2D eigenvalue weighted by molar-refractivity contribution is 0.00578. The number of amides is 1. The van der Waals surface area contributed by atoms with Crippen molar-refractivity contribution in [3.8, 4) is 0 Å². The van der Waals surface area contributed by atoms with Crippen molar-refractivity contribution in [2.75, 3.05) is 20.1 Å². The van der Waals surface area contributed by atoms with Crippen LogP contribution in [0.3, 0.4) is 0 Å². The van der Waals surface area contributed by atoms with Crippen LogP contribution in [0.25, 0.3) is 0 Å². The maximum atomic E-state index is 12.5. The second-order valence-electron chi connectivity index (χ2n) is 9.46. The molecule has 1 aliphatic heterocycles. The summed E-state index contributed by atoms with van der Waals surface area (Å²) >= 11 is 0. The molecule has 1 aromatic rings. The summed E-state index contributed by atoms with van der Waals surface area (Å²) in [4.78, 5) is 13.4. The largest absolute Gasteiger partial charge is 0.494 e. The molecule has 1 N–H and O–H groups in total. The summed E-state index contributed by atoms with van der Waals surface area (Å²) in [5.74, 6) is 0. The second-order valence-corrected chi connectivity index (χ2v) is 11.2. The third kappa shape index (κ3) is 5.97. The van der Waals surface area contributed by atoms with Gasteiger partial charge >= 0.3 is 13.2 Å². The van der Waals surface area contributed by atoms with Crippen LogP contribution in [0.1, 0.15) is 48.5 Å². The molecule has 0 aromatic heterocycles. The Morgan fingerprint density at radius 1 is 1.10 bits per heavy atom. The first-order valence-electron chi connectivity index (χ1n) is 9.93. The molecule has 8 nitrogen and oxygen atoms in total. The van der Waals surface area contributed by atoms with Gasteiger partial charge in [-0.15, -0.1) is 0 Å². The number of rotatable bonds is 6. The highest BCUT2D eigenvalue weighted by Gasteiger charge is 2.51. The van der Waals surface area contributed by atoms with Crippen LogP contribution >= 0.6 is 0 Å². The van der Waals surface area contributed by atoms with Gasteiger partial charge in [0.05, 0.1) is 16.1 Å². The molecule has 0 atom stereocenters. The number of sulfonamides is 1. The van der Waals surface area contributed by atoms with E-state index in [0.29, 0.717) is 0 Å². The normalized spacial score (nSPS) is 18.3. The van der Waals surface area contributed by atoms with Crippen molar-refractivity contribution in [3.05, 3.63) is 24.3 Å². The third-order valence-corrected chi connectivity index (χ3v) is 6.64. The number of hydrogen-bond donors (Lipinski definition) is 1. The molecule has 0 spiro atoms. The zero-order valence-corrected chi connectivity index (χ0v) is 19.9. The molecule has 1 saturated heterocycles. The average Bonchev–Trinajstić information content (AvgIpc) is 2.81. The zero-order valence-electron chi connectivity index (χ0n) is 19.1. The van der Waals surface area contributed by atoms with Crippen molar-refractivity contribution in [1.82, 2.24) is 9.62 Å². The van der Waals surface area contributed by atoms with Crippen LogP contribution in [0.15, 0.2) is 29.2 Å². The molecule has 1 aliphatic rings. The van der Waals surface area contributed by atoms with Crippen molar-refractivity contribution in [2.45, 2.75) is 70.2 Å². The van der Waals surface area contributed by atoms with Gasteiger partial charge in [-0.3, -0.25) is 0 Å². The summed E-state index contributed by atoms with van der Waals surface area (Å²) in [6.45, 7) is 13.4. The summed E-state index contributed by atoms with van der Waals surface area (Å²) in [5, 5.41) is 0. The van der Waals surface area contributed by atoms with Crippen LogP contribution in [-0.4, -0.2) is 63.5 Å². The fourth-order valence-corrected chi connectivity index (χ4v) is 3.67. The number of ether oxygens (including phenoxy) is 1. The van der Waals surface area contributed by atoms with Gasteiger partial charge in [0.1, 0.15) is 5.60 Å². The van der Waals surface area contributed by atoms with Crippen molar-refractivity contribution in [3.63, 3.8) is 0 Å². The van der Waals surface area contributed by atoms with Gasteiger partial charge in [-0.2, -0.15) is 0 Å². The van der Waals surface area contributed by atoms with Gasteiger partial charge in [-0.1, -0.05) is 12.1 Å². The Morgan fingerprint density at radius 2 is 1.60 bits per heavy atom. The fraction of sp³-hybridized carbons (Fsp3) is 0.650. The van der Waals surface area contributed by atoms with E-state index in [-0.39, 0.29) is 18.0 Å². The lowest BCUT2D eigenvalue weighted by atomic mass is 9.79. The van der Waals surface area contributed by atoms with Gasteiger partial charge in [-0.05, 0) is 66.1 Å². The molecular formula is C20H33BN2O6S. The minimum atomic E-state index is -3.71. The first-order chi connectivity index (χ1) is 13.5. The van der Waals surface area contributed by atoms with E-state index in [0.717, 1.165) is 5.46 Å². The summed E-state index contributed by atoms with van der Waals surface area (Å²) in [6.07, 6.45) is -0.506. The summed E-state index contributed by atoms with van der Waals surface area (Å²) < 4.78 is 44.8. The predicted molar refractivity (Wildman–Crippen MR) is 116 cm³/mol. The van der Waals surface area contributed by atoms with Crippen molar-refractivity contribution in [1.29, 1.82) is 0 Å². The van der Waals surface area contributed by atoms with E-state index >= 15 is 0 Å². The molecule has 168 valence electrons. The Bertz CT molecular complexity index is 846. The summed E-state index contributed by atoms with van der Waals surface area (Å²) in [6, 6.07) is 6.40. The van der Waals surface area contributed by atoms with E-state index in [1.807, 2.05) is 27.7 Å². The minimum Gasteiger partial charge on any atom is -0.444 e. The number of hydrogen-bond acceptors (Lipinski definition) is 6. The van der Waals surface area contributed by atoms with Gasteiger partial charge in [0.15, 0.2) is 0 Å². The van der Waals surface area contributed by atoms with Crippen molar-refractivity contribution < 1.29 is 27.3 Å². The van der Waals surface area contributed by atoms with Crippen molar-refractivity contribution in [2.24, 2.45) is 0 Å². The Hall–Kier alpha value is -1.62. The van der Waals surface area contributed by atoms with Gasteiger partial charge in [0.25, 0.3) is 0 Å². The highest BCUT2D eigenvalue weighted by atomic mass is 32.2. The van der Waals surface area contributed by atoms with Crippen LogP contribution in [0.5, 0.6) is 0 Å². The molecule has 1 amide bonds. The Labute approximate surface area is 180 Å². The monoisotopic (exact) mass is 440 g/mol. The van der Waals surface area contributed by atoms with E-state index in [1.165, 1.54) is 17.0 Å². The summed E-state index contributed by atoms with van der Waals surface area (Å²) in [5.41, 5.74) is -0.796. The van der Waals surface area contributed by atoms with Crippen LogP contribution < -0.4 is 10.2 Å². The second kappa shape index (κ2) is 8.49. The fourth-order valence-electron chi connectivity index (χ4n) is 2.65. The van der Waals surface area contributed by atoms with Crippen molar-refractivity contribution >= 4 is 28.7 Å². The van der Waals surface area contributed by atoms with E-state index in [9.17, 15) is 13.2 Å². The van der Waals surface area contributed by atoms with Crippen LogP contribution in [0, 0.1) is 0 Å². The Kier molecular flexibility index (Phi) is 6.98. The van der Waals surface area contributed by atoms with Crippen LogP contribution in [0.2, 0.25) is 0 Å². The Balaban J connectivity index is 1.95. The Morgan fingerprint density at radius 3 is 2.07 bits per heavy atom. The molecule has 0 radical (unpaired) electrons. The highest BCUT2D eigenvalue weighted by molar-refractivity contribution is 7.89. The first kappa shape index (κ1) is 24.7. The number of nitrogens with one attached hydrogen (secondary N) is 1. The molecule has 10 heteroatoms. The smallest absolute Gasteiger partial charge is 0.444 e. The molecule has 0 bridgehead atoms.